The van der Waals surface area contributed by atoms with Crippen molar-refractivity contribution in [2.24, 2.45) is 0 Å². The molecule has 2 aromatic heterocycles. The van der Waals surface area contributed by atoms with E-state index in [0.29, 0.717) is 34.9 Å². The van der Waals surface area contributed by atoms with Crippen molar-refractivity contribution in [2.75, 3.05) is 19.5 Å². The summed E-state index contributed by atoms with van der Waals surface area (Å²) in [6.07, 6.45) is 1.71. The van der Waals surface area contributed by atoms with Crippen LogP contribution >= 0.6 is 27.7 Å². The topological polar surface area (TPSA) is 77.0 Å². The lowest BCUT2D eigenvalue weighted by Crippen LogP contribution is -2.25. The Kier molecular flexibility index (Phi) is 5.72. The van der Waals surface area contributed by atoms with Gasteiger partial charge in [0.2, 0.25) is 0 Å². The zero-order valence-electron chi connectivity index (χ0n) is 13.5. The Morgan fingerprint density at radius 2 is 2.24 bits per heavy atom. The van der Waals surface area contributed by atoms with Gasteiger partial charge in [0.15, 0.2) is 10.9 Å². The number of rotatable bonds is 7. The van der Waals surface area contributed by atoms with Crippen LogP contribution in [0, 0.1) is 0 Å². The third-order valence-corrected chi connectivity index (χ3v) is 5.10. The van der Waals surface area contributed by atoms with E-state index >= 15 is 0 Å². The first kappa shape index (κ1) is 17.9. The minimum atomic E-state index is -0.141. The number of ketones is 1. The summed E-state index contributed by atoms with van der Waals surface area (Å²) in [5.74, 6) is 0.153. The highest BCUT2D eigenvalue weighted by molar-refractivity contribution is 9.10. The van der Waals surface area contributed by atoms with Gasteiger partial charge in [0.1, 0.15) is 0 Å². The quantitative estimate of drug-likeness (QED) is 0.360. The first-order valence-corrected chi connectivity index (χ1v) is 9.36. The van der Waals surface area contributed by atoms with E-state index < -0.39 is 0 Å². The normalized spacial score (nSPS) is 11.1. The Labute approximate surface area is 156 Å². The summed E-state index contributed by atoms with van der Waals surface area (Å²) in [5, 5.41) is 1.04. The van der Waals surface area contributed by atoms with E-state index in [2.05, 4.69) is 25.9 Å². The lowest BCUT2D eigenvalue weighted by Gasteiger charge is -2.12. The van der Waals surface area contributed by atoms with Crippen molar-refractivity contribution >= 4 is 44.4 Å². The predicted molar refractivity (Wildman–Crippen MR) is 101 cm³/mol. The largest absolute Gasteiger partial charge is 0.383 e. The number of hydrogen-bond donors (Lipinski definition) is 1. The number of hydrogen-bond acceptors (Lipinski definition) is 5. The van der Waals surface area contributed by atoms with Crippen LogP contribution in [-0.2, 0) is 11.3 Å². The molecule has 6 nitrogen and oxygen atoms in total. The molecule has 2 heterocycles. The highest BCUT2D eigenvalue weighted by Crippen LogP contribution is 2.21. The lowest BCUT2D eigenvalue weighted by molar-refractivity contribution is 0.101. The lowest BCUT2D eigenvalue weighted by atomic mass is 10.2. The molecule has 1 N–H and O–H groups in total. The van der Waals surface area contributed by atoms with Crippen LogP contribution in [0.5, 0.6) is 0 Å². The molecule has 0 spiro atoms. The number of nitrogens with zero attached hydrogens (tertiary/aromatic N) is 2. The van der Waals surface area contributed by atoms with E-state index in [1.807, 2.05) is 6.07 Å². The molecule has 0 bridgehead atoms. The number of thioether (sulfide) groups is 1. The number of Topliss-reactive ketones (excluding diaryl/α,β-unsaturated/α-hetero) is 1. The third kappa shape index (κ3) is 4.02. The van der Waals surface area contributed by atoms with Crippen LogP contribution in [-0.4, -0.2) is 39.8 Å². The maximum absolute atomic E-state index is 12.8. The number of fused-ring (bicyclic) bond motifs is 1. The van der Waals surface area contributed by atoms with E-state index in [0.717, 1.165) is 4.47 Å². The van der Waals surface area contributed by atoms with Crippen LogP contribution in [0.1, 0.15) is 10.5 Å². The Hall–Kier alpha value is -1.90. The molecule has 0 saturated carbocycles. The van der Waals surface area contributed by atoms with Gasteiger partial charge in [-0.05, 0) is 30.3 Å². The number of carbonyl (C=O) groups excluding carboxylic acids is 1. The van der Waals surface area contributed by atoms with Gasteiger partial charge in [0, 0.05) is 17.8 Å². The summed E-state index contributed by atoms with van der Waals surface area (Å²) in [5.41, 5.74) is 1.01. The van der Waals surface area contributed by atoms with E-state index in [4.69, 9.17) is 4.74 Å². The number of methoxy groups -OCH3 is 1. The van der Waals surface area contributed by atoms with Crippen molar-refractivity contribution in [2.45, 2.75) is 11.7 Å². The predicted octanol–water partition coefficient (Wildman–Crippen LogP) is 3.11. The van der Waals surface area contributed by atoms with Gasteiger partial charge < -0.3 is 9.72 Å². The molecule has 0 radical (unpaired) electrons. The molecular weight excluding hydrogens is 406 g/mol. The van der Waals surface area contributed by atoms with Gasteiger partial charge in [-0.25, -0.2) is 4.98 Å². The van der Waals surface area contributed by atoms with E-state index in [1.54, 1.807) is 42.1 Å². The second-order valence-electron chi connectivity index (χ2n) is 5.30. The van der Waals surface area contributed by atoms with Crippen LogP contribution in [0.25, 0.3) is 10.9 Å². The van der Waals surface area contributed by atoms with Gasteiger partial charge in [0.25, 0.3) is 5.56 Å². The van der Waals surface area contributed by atoms with Crippen LogP contribution < -0.4 is 5.56 Å². The van der Waals surface area contributed by atoms with Gasteiger partial charge in [-0.2, -0.15) is 0 Å². The maximum atomic E-state index is 12.8. The molecule has 1 aromatic carbocycles. The van der Waals surface area contributed by atoms with E-state index in [-0.39, 0.29) is 17.1 Å². The molecule has 0 atom stereocenters. The fourth-order valence-corrected chi connectivity index (χ4v) is 3.64. The SMILES string of the molecule is COCCn1c(SCC(=O)c2ccc[nH]2)nc2ccc(Br)cc2c1=O. The molecule has 25 heavy (non-hydrogen) atoms. The van der Waals surface area contributed by atoms with E-state index in [9.17, 15) is 9.59 Å². The van der Waals surface area contributed by atoms with Crippen molar-refractivity contribution in [3.63, 3.8) is 0 Å². The summed E-state index contributed by atoms with van der Waals surface area (Å²) in [6.45, 7) is 0.767. The summed E-state index contributed by atoms with van der Waals surface area (Å²) in [4.78, 5) is 32.5. The number of benzene rings is 1. The number of halogens is 1. The molecule has 0 fully saturated rings. The van der Waals surface area contributed by atoms with Gasteiger partial charge in [-0.15, -0.1) is 0 Å². The second kappa shape index (κ2) is 7.99. The zero-order chi connectivity index (χ0) is 17.8. The third-order valence-electron chi connectivity index (χ3n) is 3.63. The summed E-state index contributed by atoms with van der Waals surface area (Å²) >= 11 is 4.63. The second-order valence-corrected chi connectivity index (χ2v) is 7.16. The smallest absolute Gasteiger partial charge is 0.262 e. The molecule has 3 rings (SSSR count). The summed E-state index contributed by atoms with van der Waals surface area (Å²) in [6, 6.07) is 8.89. The van der Waals surface area contributed by atoms with Crippen LogP contribution in [0.2, 0.25) is 0 Å². The first-order chi connectivity index (χ1) is 12.1. The molecule has 130 valence electrons. The molecule has 0 aliphatic heterocycles. The Balaban J connectivity index is 1.95. The summed E-state index contributed by atoms with van der Waals surface area (Å²) < 4.78 is 7.48. The maximum Gasteiger partial charge on any atom is 0.262 e. The van der Waals surface area contributed by atoms with Crippen molar-refractivity contribution in [1.82, 2.24) is 14.5 Å². The number of nitrogens with one attached hydrogen (secondary N) is 1. The molecule has 8 heteroatoms. The first-order valence-electron chi connectivity index (χ1n) is 7.58. The van der Waals surface area contributed by atoms with Gasteiger partial charge in [0.05, 0.1) is 35.5 Å². The standard InChI is InChI=1S/C17H16BrN3O3S/c1-24-8-7-21-16(23)12-9-11(18)4-5-13(12)20-17(21)25-10-15(22)14-3-2-6-19-14/h2-6,9,19H,7-8,10H2,1H3. The highest BCUT2D eigenvalue weighted by atomic mass is 79.9. The molecule has 0 amide bonds. The Morgan fingerprint density at radius 1 is 1.40 bits per heavy atom. The van der Waals surface area contributed by atoms with Crippen LogP contribution in [0.3, 0.4) is 0 Å². The number of H-pyrrole nitrogens is 1. The average Bonchev–Trinajstić information content (AvgIpc) is 3.14. The van der Waals surface area contributed by atoms with Crippen LogP contribution in [0.15, 0.2) is 51.0 Å². The molecule has 0 aliphatic carbocycles. The number of aromatic nitrogens is 3. The molecule has 3 aromatic rings. The molecular formula is C17H16BrN3O3S. The van der Waals surface area contributed by atoms with Crippen molar-refractivity contribution in [1.29, 1.82) is 0 Å². The minimum absolute atomic E-state index is 0.0431. The van der Waals surface area contributed by atoms with Crippen LogP contribution in [0.4, 0.5) is 0 Å². The number of ether oxygens (including phenoxy) is 1. The monoisotopic (exact) mass is 421 g/mol. The van der Waals surface area contributed by atoms with Crippen molar-refractivity contribution in [3.05, 3.63) is 57.0 Å². The van der Waals surface area contributed by atoms with Crippen molar-refractivity contribution < 1.29 is 9.53 Å². The van der Waals surface area contributed by atoms with Crippen molar-refractivity contribution in [3.8, 4) is 0 Å². The van der Waals surface area contributed by atoms with Gasteiger partial charge >= 0.3 is 0 Å². The average molecular weight is 422 g/mol. The molecule has 0 unspecified atom stereocenters. The number of carbonyl (C=O) groups is 1. The Bertz CT molecular complexity index is 954. The summed E-state index contributed by atoms with van der Waals surface area (Å²) in [7, 11) is 1.58. The fourth-order valence-electron chi connectivity index (χ4n) is 2.37. The minimum Gasteiger partial charge on any atom is -0.383 e. The molecule has 0 aliphatic rings. The highest BCUT2D eigenvalue weighted by Gasteiger charge is 2.14. The fraction of sp³-hybridized carbons (Fsp3) is 0.235. The van der Waals surface area contributed by atoms with Gasteiger partial charge in [-0.1, -0.05) is 27.7 Å². The van der Waals surface area contributed by atoms with E-state index in [1.165, 1.54) is 11.8 Å². The molecule has 0 saturated heterocycles. The van der Waals surface area contributed by atoms with Gasteiger partial charge in [-0.3, -0.25) is 14.2 Å². The number of aromatic amines is 1. The zero-order valence-corrected chi connectivity index (χ0v) is 15.9. The Morgan fingerprint density at radius 3 is 2.96 bits per heavy atom.